The van der Waals surface area contributed by atoms with Crippen LogP contribution in [0.15, 0.2) is 24.3 Å². The van der Waals surface area contributed by atoms with Crippen LogP contribution in [0.3, 0.4) is 0 Å². The molecule has 3 rings (SSSR count). The average Bonchev–Trinajstić information content (AvgIpc) is 3.23. The lowest BCUT2D eigenvalue weighted by Crippen LogP contribution is -2.20. The zero-order valence-electron chi connectivity index (χ0n) is 14.0. The van der Waals surface area contributed by atoms with Gasteiger partial charge in [0.15, 0.2) is 17.3 Å². The summed E-state index contributed by atoms with van der Waals surface area (Å²) in [5.41, 5.74) is 1.71. The van der Waals surface area contributed by atoms with Crippen LogP contribution >= 0.6 is 0 Å². The molecule has 1 fully saturated rings. The van der Waals surface area contributed by atoms with Crippen LogP contribution in [0.25, 0.3) is 5.57 Å². The molecule has 1 aromatic rings. The minimum Gasteiger partial charge on any atom is -0.493 e. The van der Waals surface area contributed by atoms with Gasteiger partial charge in [0.05, 0.1) is 20.3 Å². The summed E-state index contributed by atoms with van der Waals surface area (Å²) < 4.78 is 16.2. The smallest absolute Gasteiger partial charge is 0.316 e. The molecule has 0 N–H and O–H groups in total. The summed E-state index contributed by atoms with van der Waals surface area (Å²) in [6.07, 6.45) is 6.60. The first-order valence-electron chi connectivity index (χ1n) is 8.29. The van der Waals surface area contributed by atoms with Crippen LogP contribution in [0.4, 0.5) is 0 Å². The Bertz CT molecular complexity index is 670. The molecule has 0 spiro atoms. The van der Waals surface area contributed by atoms with Gasteiger partial charge < -0.3 is 14.2 Å². The molecule has 2 aliphatic carbocycles. The number of hydrogen-bond donors (Lipinski definition) is 0. The molecule has 0 heterocycles. The highest BCUT2D eigenvalue weighted by Gasteiger charge is 2.33. The van der Waals surface area contributed by atoms with Crippen LogP contribution in [-0.2, 0) is 14.3 Å². The summed E-state index contributed by atoms with van der Waals surface area (Å²) in [5.74, 6) is -0.0451. The van der Waals surface area contributed by atoms with E-state index in [0.717, 1.165) is 24.0 Å². The predicted molar refractivity (Wildman–Crippen MR) is 89.0 cm³/mol. The zero-order valence-corrected chi connectivity index (χ0v) is 14.0. The van der Waals surface area contributed by atoms with Crippen molar-refractivity contribution in [2.45, 2.75) is 38.2 Å². The van der Waals surface area contributed by atoms with Crippen LogP contribution in [0.5, 0.6) is 11.5 Å². The van der Waals surface area contributed by atoms with Crippen molar-refractivity contribution in [3.63, 3.8) is 0 Å². The van der Waals surface area contributed by atoms with Crippen LogP contribution in [-0.4, -0.2) is 32.1 Å². The minimum atomic E-state index is -0.730. The number of carbonyl (C=O) groups excluding carboxylic acids is 2. The Kier molecular flexibility index (Phi) is 4.88. The van der Waals surface area contributed by atoms with Gasteiger partial charge in [-0.1, -0.05) is 6.07 Å². The second kappa shape index (κ2) is 7.07. The van der Waals surface area contributed by atoms with Crippen molar-refractivity contribution in [1.82, 2.24) is 0 Å². The number of ether oxygens (including phenoxy) is 3. The molecule has 1 saturated carbocycles. The van der Waals surface area contributed by atoms with Gasteiger partial charge in [-0.05, 0) is 61.4 Å². The lowest BCUT2D eigenvalue weighted by atomic mass is 10.0. The van der Waals surface area contributed by atoms with Crippen molar-refractivity contribution in [2.24, 2.45) is 5.92 Å². The van der Waals surface area contributed by atoms with Gasteiger partial charge in [0.2, 0.25) is 0 Å². The Morgan fingerprint density at radius 1 is 1.12 bits per heavy atom. The average molecular weight is 330 g/mol. The fraction of sp³-hybridized carbons (Fsp3) is 0.474. The Balaban J connectivity index is 1.82. The number of rotatable bonds is 5. The van der Waals surface area contributed by atoms with E-state index < -0.39 is 11.9 Å². The number of ketones is 1. The molecular formula is C19H22O5. The highest BCUT2D eigenvalue weighted by Crippen LogP contribution is 2.37. The molecule has 0 radical (unpaired) electrons. The topological polar surface area (TPSA) is 61.8 Å². The quantitative estimate of drug-likeness (QED) is 0.613. The van der Waals surface area contributed by atoms with E-state index in [1.165, 1.54) is 26.0 Å². The molecule has 1 unspecified atom stereocenters. The van der Waals surface area contributed by atoms with Gasteiger partial charge in [0.1, 0.15) is 5.92 Å². The molecular weight excluding hydrogens is 308 g/mol. The van der Waals surface area contributed by atoms with E-state index in [1.54, 1.807) is 7.11 Å². The van der Waals surface area contributed by atoms with Crippen molar-refractivity contribution in [2.75, 3.05) is 14.2 Å². The summed E-state index contributed by atoms with van der Waals surface area (Å²) in [4.78, 5) is 23.7. The number of esters is 1. The molecule has 0 aromatic heterocycles. The van der Waals surface area contributed by atoms with Gasteiger partial charge in [-0.2, -0.15) is 0 Å². The fourth-order valence-corrected chi connectivity index (χ4v) is 3.35. The molecule has 5 nitrogen and oxygen atoms in total. The molecule has 0 aliphatic heterocycles. The summed E-state index contributed by atoms with van der Waals surface area (Å²) in [5, 5.41) is 0. The summed E-state index contributed by atoms with van der Waals surface area (Å²) in [6.45, 7) is 0. The van der Waals surface area contributed by atoms with Crippen LogP contribution in [0.2, 0.25) is 0 Å². The van der Waals surface area contributed by atoms with E-state index >= 15 is 0 Å². The molecule has 0 amide bonds. The van der Waals surface area contributed by atoms with Crippen LogP contribution in [0.1, 0.15) is 37.7 Å². The van der Waals surface area contributed by atoms with E-state index in [2.05, 4.69) is 0 Å². The monoisotopic (exact) mass is 330 g/mol. The fourth-order valence-electron chi connectivity index (χ4n) is 3.35. The van der Waals surface area contributed by atoms with Crippen LogP contribution in [0, 0.1) is 5.92 Å². The molecule has 2 aliphatic rings. The SMILES string of the molecule is COC(=O)C1CC(c2ccc(OC)c(OC3CCCC3)c2)=CC1=O. The normalized spacial score (nSPS) is 20.8. The van der Waals surface area contributed by atoms with Crippen molar-refractivity contribution in [1.29, 1.82) is 0 Å². The van der Waals surface area contributed by atoms with Gasteiger partial charge >= 0.3 is 5.97 Å². The lowest BCUT2D eigenvalue weighted by Gasteiger charge is -2.17. The van der Waals surface area contributed by atoms with E-state index in [-0.39, 0.29) is 11.9 Å². The Morgan fingerprint density at radius 2 is 1.88 bits per heavy atom. The highest BCUT2D eigenvalue weighted by molar-refractivity contribution is 6.13. The molecule has 5 heteroatoms. The van der Waals surface area contributed by atoms with Gasteiger partial charge in [-0.25, -0.2) is 0 Å². The molecule has 0 bridgehead atoms. The van der Waals surface area contributed by atoms with E-state index in [0.29, 0.717) is 17.9 Å². The largest absolute Gasteiger partial charge is 0.493 e. The number of benzene rings is 1. The van der Waals surface area contributed by atoms with Gasteiger partial charge in [0.25, 0.3) is 0 Å². The maximum Gasteiger partial charge on any atom is 0.316 e. The van der Waals surface area contributed by atoms with Crippen molar-refractivity contribution in [3.8, 4) is 11.5 Å². The molecule has 1 aromatic carbocycles. The third kappa shape index (κ3) is 3.30. The summed E-state index contributed by atoms with van der Waals surface area (Å²) in [7, 11) is 2.91. The number of hydrogen-bond acceptors (Lipinski definition) is 5. The van der Waals surface area contributed by atoms with Gasteiger partial charge in [-0.3, -0.25) is 9.59 Å². The molecule has 0 saturated heterocycles. The minimum absolute atomic E-state index is 0.203. The maximum absolute atomic E-state index is 12.0. The third-order valence-electron chi connectivity index (χ3n) is 4.70. The predicted octanol–water partition coefficient (Wildman–Crippen LogP) is 3.16. The van der Waals surface area contributed by atoms with E-state index in [4.69, 9.17) is 14.2 Å². The zero-order chi connectivity index (χ0) is 17.1. The first kappa shape index (κ1) is 16.6. The Labute approximate surface area is 141 Å². The number of carbonyl (C=O) groups is 2. The maximum atomic E-state index is 12.0. The Hall–Kier alpha value is -2.30. The van der Waals surface area contributed by atoms with Crippen LogP contribution < -0.4 is 9.47 Å². The summed E-state index contributed by atoms with van der Waals surface area (Å²) in [6, 6.07) is 5.63. The van der Waals surface area contributed by atoms with E-state index in [1.807, 2.05) is 18.2 Å². The number of allylic oxidation sites excluding steroid dienone is 2. The van der Waals surface area contributed by atoms with Gasteiger partial charge in [-0.15, -0.1) is 0 Å². The lowest BCUT2D eigenvalue weighted by molar-refractivity contribution is -0.147. The van der Waals surface area contributed by atoms with Crippen molar-refractivity contribution >= 4 is 17.3 Å². The van der Waals surface area contributed by atoms with E-state index in [9.17, 15) is 9.59 Å². The third-order valence-corrected chi connectivity index (χ3v) is 4.70. The molecule has 24 heavy (non-hydrogen) atoms. The first-order valence-corrected chi connectivity index (χ1v) is 8.29. The van der Waals surface area contributed by atoms with Crippen molar-refractivity contribution in [3.05, 3.63) is 29.8 Å². The standard InChI is InChI=1S/C19H22O5/c1-22-17-8-7-12(11-18(17)24-14-5-3-4-6-14)13-9-15(16(20)10-13)19(21)23-2/h7-8,10-11,14-15H,3-6,9H2,1-2H3. The second-order valence-corrected chi connectivity index (χ2v) is 6.24. The Morgan fingerprint density at radius 3 is 2.54 bits per heavy atom. The highest BCUT2D eigenvalue weighted by atomic mass is 16.5. The summed E-state index contributed by atoms with van der Waals surface area (Å²) >= 11 is 0. The molecule has 128 valence electrons. The van der Waals surface area contributed by atoms with Crippen molar-refractivity contribution < 1.29 is 23.8 Å². The second-order valence-electron chi connectivity index (χ2n) is 6.24. The number of methoxy groups -OCH3 is 2. The first-order chi connectivity index (χ1) is 11.6. The molecule has 1 atom stereocenters. The van der Waals surface area contributed by atoms with Gasteiger partial charge in [0, 0.05) is 0 Å².